The van der Waals surface area contributed by atoms with E-state index in [-0.39, 0.29) is 0 Å². The van der Waals surface area contributed by atoms with E-state index in [4.69, 9.17) is 18.0 Å². The van der Waals surface area contributed by atoms with E-state index in [9.17, 15) is 0 Å². The van der Waals surface area contributed by atoms with Crippen LogP contribution >= 0.6 is 12.2 Å². The molecule has 1 aliphatic rings. The molecule has 1 saturated heterocycles. The van der Waals surface area contributed by atoms with Gasteiger partial charge in [0.05, 0.1) is 11.4 Å². The third-order valence-electron chi connectivity index (χ3n) is 3.32. The second-order valence-corrected chi connectivity index (χ2v) is 4.87. The largest absolute Gasteiger partial charge is 0.376 e. The minimum Gasteiger partial charge on any atom is -0.376 e. The maximum absolute atomic E-state index is 5.56. The SMILES string of the molecule is CCN1CCN(c2ccccc2NC(N)=S)CC1. The minimum absolute atomic E-state index is 0.314. The van der Waals surface area contributed by atoms with Crippen LogP contribution in [0.2, 0.25) is 0 Å². The van der Waals surface area contributed by atoms with Gasteiger partial charge in [-0.05, 0) is 30.9 Å². The van der Waals surface area contributed by atoms with E-state index < -0.39 is 0 Å². The van der Waals surface area contributed by atoms with Gasteiger partial charge in [0, 0.05) is 26.2 Å². The topological polar surface area (TPSA) is 44.5 Å². The number of nitrogens with zero attached hydrogens (tertiary/aromatic N) is 2. The first-order valence-electron chi connectivity index (χ1n) is 6.33. The highest BCUT2D eigenvalue weighted by Crippen LogP contribution is 2.26. The fourth-order valence-electron chi connectivity index (χ4n) is 2.29. The quantitative estimate of drug-likeness (QED) is 0.810. The highest BCUT2D eigenvalue weighted by molar-refractivity contribution is 7.80. The molecule has 4 nitrogen and oxygen atoms in total. The summed E-state index contributed by atoms with van der Waals surface area (Å²) in [5, 5.41) is 3.36. The smallest absolute Gasteiger partial charge is 0.168 e. The molecular formula is C13H20N4S. The molecule has 1 heterocycles. The third-order valence-corrected chi connectivity index (χ3v) is 3.42. The third kappa shape index (κ3) is 3.11. The maximum Gasteiger partial charge on any atom is 0.168 e. The first-order chi connectivity index (χ1) is 8.70. The molecular weight excluding hydrogens is 244 g/mol. The van der Waals surface area contributed by atoms with Crippen LogP contribution in [0.25, 0.3) is 0 Å². The van der Waals surface area contributed by atoms with Crippen LogP contribution < -0.4 is 16.0 Å². The average molecular weight is 264 g/mol. The van der Waals surface area contributed by atoms with Gasteiger partial charge < -0.3 is 20.9 Å². The van der Waals surface area contributed by atoms with Crippen molar-refractivity contribution in [3.63, 3.8) is 0 Å². The van der Waals surface area contributed by atoms with Crippen LogP contribution in [-0.2, 0) is 0 Å². The summed E-state index contributed by atoms with van der Waals surface area (Å²) in [6.07, 6.45) is 0. The summed E-state index contributed by atoms with van der Waals surface area (Å²) in [7, 11) is 0. The summed E-state index contributed by atoms with van der Waals surface area (Å²) in [5.74, 6) is 0. The number of piperazine rings is 1. The van der Waals surface area contributed by atoms with Crippen LogP contribution in [0.3, 0.4) is 0 Å². The summed E-state index contributed by atoms with van der Waals surface area (Å²) >= 11 is 4.92. The zero-order valence-corrected chi connectivity index (χ0v) is 11.5. The Morgan fingerprint density at radius 1 is 1.28 bits per heavy atom. The molecule has 0 unspecified atom stereocenters. The monoisotopic (exact) mass is 264 g/mol. The summed E-state index contributed by atoms with van der Waals surface area (Å²) in [6.45, 7) is 7.64. The number of benzene rings is 1. The fraction of sp³-hybridized carbons (Fsp3) is 0.462. The molecule has 1 fully saturated rings. The van der Waals surface area contributed by atoms with Gasteiger partial charge in [-0.3, -0.25) is 0 Å². The van der Waals surface area contributed by atoms with E-state index in [1.165, 1.54) is 5.69 Å². The zero-order valence-electron chi connectivity index (χ0n) is 10.7. The predicted molar refractivity (Wildman–Crippen MR) is 81.2 cm³/mol. The van der Waals surface area contributed by atoms with Crippen molar-refractivity contribution < 1.29 is 0 Å². The molecule has 0 saturated carbocycles. The molecule has 1 aromatic carbocycles. The lowest BCUT2D eigenvalue weighted by molar-refractivity contribution is 0.271. The van der Waals surface area contributed by atoms with Crippen molar-refractivity contribution in [2.45, 2.75) is 6.92 Å². The molecule has 0 aromatic heterocycles. The summed E-state index contributed by atoms with van der Waals surface area (Å²) in [5.41, 5.74) is 7.74. The predicted octanol–water partition coefficient (Wildman–Crippen LogP) is 1.48. The zero-order chi connectivity index (χ0) is 13.0. The molecule has 0 aliphatic carbocycles. The van der Waals surface area contributed by atoms with Gasteiger partial charge in [-0.1, -0.05) is 19.1 Å². The molecule has 0 radical (unpaired) electrons. The van der Waals surface area contributed by atoms with Crippen molar-refractivity contribution in [1.29, 1.82) is 0 Å². The molecule has 3 N–H and O–H groups in total. The highest BCUT2D eigenvalue weighted by atomic mass is 32.1. The van der Waals surface area contributed by atoms with Crippen LogP contribution in [0.5, 0.6) is 0 Å². The minimum atomic E-state index is 0.314. The van der Waals surface area contributed by atoms with E-state index in [1.54, 1.807) is 0 Å². The van der Waals surface area contributed by atoms with Crippen LogP contribution in [-0.4, -0.2) is 42.7 Å². The molecule has 1 aromatic rings. The van der Waals surface area contributed by atoms with Crippen molar-refractivity contribution in [2.24, 2.45) is 5.73 Å². The Bertz CT molecular complexity index is 413. The van der Waals surface area contributed by atoms with Gasteiger partial charge in [0.1, 0.15) is 0 Å². The van der Waals surface area contributed by atoms with Gasteiger partial charge in [0.2, 0.25) is 0 Å². The van der Waals surface area contributed by atoms with E-state index in [0.29, 0.717) is 5.11 Å². The molecule has 2 rings (SSSR count). The van der Waals surface area contributed by atoms with Crippen LogP contribution in [0.15, 0.2) is 24.3 Å². The van der Waals surface area contributed by atoms with Crippen molar-refractivity contribution >= 4 is 28.7 Å². The van der Waals surface area contributed by atoms with Gasteiger partial charge >= 0.3 is 0 Å². The lowest BCUT2D eigenvalue weighted by Crippen LogP contribution is -2.46. The van der Waals surface area contributed by atoms with Crippen LogP contribution in [0.1, 0.15) is 6.92 Å². The average Bonchev–Trinajstić information content (AvgIpc) is 2.39. The molecule has 0 spiro atoms. The Morgan fingerprint density at radius 3 is 2.56 bits per heavy atom. The van der Waals surface area contributed by atoms with E-state index in [2.05, 4.69) is 28.1 Å². The van der Waals surface area contributed by atoms with Crippen molar-refractivity contribution in [1.82, 2.24) is 4.90 Å². The fourth-order valence-corrected chi connectivity index (χ4v) is 2.40. The normalized spacial score (nSPS) is 16.6. The van der Waals surface area contributed by atoms with Crippen LogP contribution in [0.4, 0.5) is 11.4 Å². The first kappa shape index (κ1) is 13.1. The van der Waals surface area contributed by atoms with E-state index >= 15 is 0 Å². The number of thiocarbonyl (C=S) groups is 1. The van der Waals surface area contributed by atoms with Crippen molar-refractivity contribution in [3.05, 3.63) is 24.3 Å². The highest BCUT2D eigenvalue weighted by Gasteiger charge is 2.17. The van der Waals surface area contributed by atoms with Gasteiger partial charge in [-0.15, -0.1) is 0 Å². The lowest BCUT2D eigenvalue weighted by atomic mass is 10.2. The Morgan fingerprint density at radius 2 is 1.94 bits per heavy atom. The second kappa shape index (κ2) is 6.02. The molecule has 1 aliphatic heterocycles. The molecule has 18 heavy (non-hydrogen) atoms. The van der Waals surface area contributed by atoms with Crippen LogP contribution in [0, 0.1) is 0 Å². The Hall–Kier alpha value is -1.33. The number of likely N-dealkylation sites (N-methyl/N-ethyl adjacent to an activating group) is 1. The molecule has 98 valence electrons. The maximum atomic E-state index is 5.56. The number of rotatable bonds is 3. The van der Waals surface area contributed by atoms with Crippen molar-refractivity contribution in [3.8, 4) is 0 Å². The number of hydrogen-bond acceptors (Lipinski definition) is 3. The van der Waals surface area contributed by atoms with E-state index in [1.807, 2.05) is 18.2 Å². The summed E-state index contributed by atoms with van der Waals surface area (Å²) in [6, 6.07) is 8.17. The lowest BCUT2D eigenvalue weighted by Gasteiger charge is -2.36. The second-order valence-electron chi connectivity index (χ2n) is 4.43. The first-order valence-corrected chi connectivity index (χ1v) is 6.74. The molecule has 5 heteroatoms. The van der Waals surface area contributed by atoms with E-state index in [0.717, 1.165) is 38.4 Å². The van der Waals surface area contributed by atoms with Gasteiger partial charge in [-0.2, -0.15) is 0 Å². The summed E-state index contributed by atoms with van der Waals surface area (Å²) in [4.78, 5) is 4.84. The van der Waals surface area contributed by atoms with Gasteiger partial charge in [0.25, 0.3) is 0 Å². The number of anilines is 2. The Balaban J connectivity index is 2.11. The Labute approximate surface area is 114 Å². The van der Waals surface area contributed by atoms with Gasteiger partial charge in [0.15, 0.2) is 5.11 Å². The molecule has 0 bridgehead atoms. The number of nitrogens with two attached hydrogens (primary N) is 1. The molecule has 0 atom stereocenters. The number of para-hydroxylation sites is 2. The Kier molecular flexibility index (Phi) is 4.38. The van der Waals surface area contributed by atoms with Crippen molar-refractivity contribution in [2.75, 3.05) is 42.9 Å². The van der Waals surface area contributed by atoms with Gasteiger partial charge in [-0.25, -0.2) is 0 Å². The molecule has 0 amide bonds. The summed E-state index contributed by atoms with van der Waals surface area (Å²) < 4.78 is 0. The number of nitrogens with one attached hydrogen (secondary N) is 1. The number of hydrogen-bond donors (Lipinski definition) is 2. The standard InChI is InChI=1S/C13H20N4S/c1-2-16-7-9-17(10-8-16)12-6-4-3-5-11(12)15-13(14)18/h3-6H,2,7-10H2,1H3,(H3,14,15,18).